The van der Waals surface area contributed by atoms with Crippen LogP contribution in [0, 0.1) is 0 Å². The summed E-state index contributed by atoms with van der Waals surface area (Å²) < 4.78 is 16.2. The van der Waals surface area contributed by atoms with Crippen molar-refractivity contribution in [1.29, 1.82) is 0 Å². The van der Waals surface area contributed by atoms with Crippen LogP contribution in [0.15, 0.2) is 53.1 Å². The number of benzene rings is 2. The fraction of sp³-hybridized carbons (Fsp3) is 0.250. The SMILES string of the molecule is CCOc1ccc(-c2noc(CNC(=S)Nc3cccc(OCC)c3)n2)cc1. The van der Waals surface area contributed by atoms with Crippen LogP contribution in [0.5, 0.6) is 11.5 Å². The number of hydrogen-bond donors (Lipinski definition) is 2. The van der Waals surface area contributed by atoms with Gasteiger partial charge in [-0.05, 0) is 62.5 Å². The summed E-state index contributed by atoms with van der Waals surface area (Å²) in [5.74, 6) is 2.55. The van der Waals surface area contributed by atoms with Crippen LogP contribution in [-0.4, -0.2) is 28.5 Å². The number of hydrogen-bond acceptors (Lipinski definition) is 6. The van der Waals surface area contributed by atoms with Crippen molar-refractivity contribution in [3.8, 4) is 22.9 Å². The molecule has 28 heavy (non-hydrogen) atoms. The molecule has 146 valence electrons. The lowest BCUT2D eigenvalue weighted by molar-refractivity contribution is 0.340. The quantitative estimate of drug-likeness (QED) is 0.551. The third-order valence-corrected chi connectivity index (χ3v) is 3.94. The van der Waals surface area contributed by atoms with Gasteiger partial charge in [-0.3, -0.25) is 0 Å². The fourth-order valence-corrected chi connectivity index (χ4v) is 2.66. The van der Waals surface area contributed by atoms with Crippen molar-refractivity contribution in [3.05, 3.63) is 54.4 Å². The van der Waals surface area contributed by atoms with Crippen LogP contribution in [0.2, 0.25) is 0 Å². The Kier molecular flexibility index (Phi) is 6.80. The van der Waals surface area contributed by atoms with E-state index in [-0.39, 0.29) is 0 Å². The Morgan fingerprint density at radius 3 is 2.54 bits per heavy atom. The molecule has 0 saturated carbocycles. The topological polar surface area (TPSA) is 81.4 Å². The van der Waals surface area contributed by atoms with Gasteiger partial charge in [0.05, 0.1) is 19.8 Å². The average Bonchev–Trinajstić information content (AvgIpc) is 3.17. The van der Waals surface area contributed by atoms with Gasteiger partial charge in [0.1, 0.15) is 11.5 Å². The number of nitrogens with one attached hydrogen (secondary N) is 2. The maximum absolute atomic E-state index is 5.48. The first-order valence-electron chi connectivity index (χ1n) is 9.01. The number of aromatic nitrogens is 2. The third kappa shape index (κ3) is 5.43. The van der Waals surface area contributed by atoms with Crippen LogP contribution in [0.4, 0.5) is 5.69 Å². The van der Waals surface area contributed by atoms with E-state index in [1.807, 2.05) is 62.4 Å². The average molecular weight is 398 g/mol. The zero-order valence-corrected chi connectivity index (χ0v) is 16.6. The summed E-state index contributed by atoms with van der Waals surface area (Å²) in [6.07, 6.45) is 0. The van der Waals surface area contributed by atoms with Gasteiger partial charge in [0.25, 0.3) is 0 Å². The molecule has 8 heteroatoms. The summed E-state index contributed by atoms with van der Waals surface area (Å²) in [7, 11) is 0. The summed E-state index contributed by atoms with van der Waals surface area (Å²) in [5, 5.41) is 10.6. The Balaban J connectivity index is 1.53. The van der Waals surface area contributed by atoms with E-state index in [0.29, 0.717) is 36.6 Å². The molecule has 0 spiro atoms. The Morgan fingerprint density at radius 1 is 1.04 bits per heavy atom. The molecular weight excluding hydrogens is 376 g/mol. The first-order chi connectivity index (χ1) is 13.7. The van der Waals surface area contributed by atoms with Gasteiger partial charge >= 0.3 is 0 Å². The fourth-order valence-electron chi connectivity index (χ4n) is 2.47. The van der Waals surface area contributed by atoms with Crippen LogP contribution >= 0.6 is 12.2 Å². The lowest BCUT2D eigenvalue weighted by Gasteiger charge is -2.10. The summed E-state index contributed by atoms with van der Waals surface area (Å²) in [6, 6.07) is 15.1. The summed E-state index contributed by atoms with van der Waals surface area (Å²) >= 11 is 5.32. The molecule has 1 aromatic heterocycles. The number of thiocarbonyl (C=S) groups is 1. The van der Waals surface area contributed by atoms with Crippen LogP contribution in [-0.2, 0) is 6.54 Å². The van der Waals surface area contributed by atoms with Gasteiger partial charge in [0.2, 0.25) is 11.7 Å². The molecule has 0 unspecified atom stereocenters. The molecular formula is C20H22N4O3S. The maximum atomic E-state index is 5.48. The van der Waals surface area contributed by atoms with Crippen molar-refractivity contribution in [3.63, 3.8) is 0 Å². The molecule has 0 saturated heterocycles. The van der Waals surface area contributed by atoms with E-state index in [0.717, 1.165) is 22.7 Å². The molecule has 0 amide bonds. The van der Waals surface area contributed by atoms with E-state index >= 15 is 0 Å². The summed E-state index contributed by atoms with van der Waals surface area (Å²) in [6.45, 7) is 5.45. The standard InChI is InChI=1S/C20H22N4O3S/c1-3-25-16-10-8-14(9-11-16)19-23-18(27-24-19)13-21-20(28)22-15-6-5-7-17(12-15)26-4-2/h5-12H,3-4,13H2,1-2H3,(H2,21,22,28). The molecule has 1 heterocycles. The van der Waals surface area contributed by atoms with Crippen LogP contribution in [0.25, 0.3) is 11.4 Å². The van der Waals surface area contributed by atoms with Gasteiger partial charge in [-0.25, -0.2) is 0 Å². The molecule has 0 aliphatic carbocycles. The van der Waals surface area contributed by atoms with Crippen molar-refractivity contribution < 1.29 is 14.0 Å². The highest BCUT2D eigenvalue weighted by atomic mass is 32.1. The van der Waals surface area contributed by atoms with Crippen molar-refractivity contribution in [2.24, 2.45) is 0 Å². The smallest absolute Gasteiger partial charge is 0.246 e. The molecule has 0 atom stereocenters. The largest absolute Gasteiger partial charge is 0.494 e. The second-order valence-corrected chi connectivity index (χ2v) is 6.15. The molecule has 0 radical (unpaired) electrons. The second kappa shape index (κ2) is 9.70. The van der Waals surface area contributed by atoms with Crippen molar-refractivity contribution in [2.75, 3.05) is 18.5 Å². The van der Waals surface area contributed by atoms with E-state index in [2.05, 4.69) is 20.8 Å². The Hall–Kier alpha value is -3.13. The number of nitrogens with zero attached hydrogens (tertiary/aromatic N) is 2. The maximum Gasteiger partial charge on any atom is 0.246 e. The highest BCUT2D eigenvalue weighted by Crippen LogP contribution is 2.20. The lowest BCUT2D eigenvalue weighted by Crippen LogP contribution is -2.28. The molecule has 7 nitrogen and oxygen atoms in total. The highest BCUT2D eigenvalue weighted by Gasteiger charge is 2.09. The van der Waals surface area contributed by atoms with E-state index in [4.69, 9.17) is 26.2 Å². The molecule has 3 rings (SSSR count). The van der Waals surface area contributed by atoms with Crippen LogP contribution in [0.3, 0.4) is 0 Å². The molecule has 0 bridgehead atoms. The summed E-state index contributed by atoms with van der Waals surface area (Å²) in [5.41, 5.74) is 1.69. The first-order valence-corrected chi connectivity index (χ1v) is 9.42. The molecule has 0 aliphatic heterocycles. The Bertz CT molecular complexity index is 912. The molecule has 0 fully saturated rings. The normalized spacial score (nSPS) is 10.4. The van der Waals surface area contributed by atoms with E-state index in [1.54, 1.807) is 0 Å². The minimum atomic E-state index is 0.320. The summed E-state index contributed by atoms with van der Waals surface area (Å²) in [4.78, 5) is 4.39. The monoisotopic (exact) mass is 398 g/mol. The van der Waals surface area contributed by atoms with Gasteiger partial charge in [-0.15, -0.1) is 0 Å². The Labute approximate surface area is 169 Å². The Morgan fingerprint density at radius 2 is 1.79 bits per heavy atom. The van der Waals surface area contributed by atoms with E-state index in [1.165, 1.54) is 0 Å². The molecule has 3 aromatic rings. The second-order valence-electron chi connectivity index (χ2n) is 5.74. The van der Waals surface area contributed by atoms with E-state index in [9.17, 15) is 0 Å². The zero-order chi connectivity index (χ0) is 19.8. The highest BCUT2D eigenvalue weighted by molar-refractivity contribution is 7.80. The van der Waals surface area contributed by atoms with Gasteiger partial charge < -0.3 is 24.6 Å². The van der Waals surface area contributed by atoms with Gasteiger partial charge in [0, 0.05) is 17.3 Å². The van der Waals surface area contributed by atoms with Crippen molar-refractivity contribution in [1.82, 2.24) is 15.5 Å². The molecule has 2 N–H and O–H groups in total. The third-order valence-electron chi connectivity index (χ3n) is 3.69. The minimum Gasteiger partial charge on any atom is -0.494 e. The molecule has 0 aliphatic rings. The first kappa shape index (κ1) is 19.6. The van der Waals surface area contributed by atoms with Crippen molar-refractivity contribution in [2.45, 2.75) is 20.4 Å². The predicted octanol–water partition coefficient (Wildman–Crippen LogP) is 4.02. The predicted molar refractivity (Wildman–Crippen MR) is 112 cm³/mol. The van der Waals surface area contributed by atoms with Gasteiger partial charge in [-0.2, -0.15) is 4.98 Å². The molecule has 2 aromatic carbocycles. The van der Waals surface area contributed by atoms with Crippen LogP contribution < -0.4 is 20.1 Å². The number of ether oxygens (including phenoxy) is 2. The minimum absolute atomic E-state index is 0.320. The zero-order valence-electron chi connectivity index (χ0n) is 15.8. The van der Waals surface area contributed by atoms with Gasteiger partial charge in [-0.1, -0.05) is 11.2 Å². The lowest BCUT2D eigenvalue weighted by atomic mass is 10.2. The number of rotatable bonds is 8. The number of anilines is 1. The van der Waals surface area contributed by atoms with Crippen LogP contribution in [0.1, 0.15) is 19.7 Å². The van der Waals surface area contributed by atoms with Crippen molar-refractivity contribution >= 4 is 23.0 Å². The van der Waals surface area contributed by atoms with Gasteiger partial charge in [0.15, 0.2) is 5.11 Å². The van der Waals surface area contributed by atoms with E-state index < -0.39 is 0 Å².